The maximum atomic E-state index is 14.3. The number of carbonyl (C=O) groups excluding carboxylic acids is 3. The number of rotatable bonds is 14. The summed E-state index contributed by atoms with van der Waals surface area (Å²) in [5, 5.41) is 21.0. The minimum absolute atomic E-state index is 0.0694. The summed E-state index contributed by atoms with van der Waals surface area (Å²) in [4.78, 5) is 42.6. The molecule has 218 valence electrons. The molecule has 1 heterocycles. The van der Waals surface area contributed by atoms with Crippen LogP contribution in [0.5, 0.6) is 0 Å². The van der Waals surface area contributed by atoms with Crippen molar-refractivity contribution in [2.24, 2.45) is 0 Å². The molecule has 0 fully saturated rings. The number of esters is 1. The number of carbonyl (C=O) groups is 3. The second kappa shape index (κ2) is 15.3. The van der Waals surface area contributed by atoms with Crippen molar-refractivity contribution in [3.63, 3.8) is 0 Å². The van der Waals surface area contributed by atoms with E-state index < -0.39 is 42.8 Å². The summed E-state index contributed by atoms with van der Waals surface area (Å²) < 4.78 is 28.2. The molecule has 1 amide bonds. The van der Waals surface area contributed by atoms with Crippen molar-refractivity contribution < 1.29 is 42.9 Å². The second-order valence-corrected chi connectivity index (χ2v) is 8.88. The van der Waals surface area contributed by atoms with Gasteiger partial charge >= 0.3 is 12.1 Å². The van der Waals surface area contributed by atoms with Gasteiger partial charge in [-0.05, 0) is 47.9 Å². The van der Waals surface area contributed by atoms with E-state index in [1.807, 2.05) is 0 Å². The fraction of sp³-hybridized carbons (Fsp3) is 0.296. The van der Waals surface area contributed by atoms with Gasteiger partial charge in [0.25, 0.3) is 5.91 Å². The van der Waals surface area contributed by atoms with Crippen LogP contribution in [-0.4, -0.2) is 70.4 Å². The second-order valence-electron chi connectivity index (χ2n) is 8.45. The zero-order valence-electron chi connectivity index (χ0n) is 22.0. The maximum absolute atomic E-state index is 14.3. The average Bonchev–Trinajstić information content (AvgIpc) is 3.43. The standard InChI is InChI=1S/C27H28ClFN4O8/c1-3-11-41-33-15-23(31-32-33)25(35)30-20(14-24(34)26(36)39-16-40-27(37)38-4-2)12-17-5-7-18(8-6-17)21-13-19(28)9-10-22(21)29/h3,5-10,13,15,20,24,34H,1,4,11-12,14,16H2,2H3,(H,30,35)/t20-,24-/m1/s1. The lowest BCUT2D eigenvalue weighted by Gasteiger charge is -2.21. The summed E-state index contributed by atoms with van der Waals surface area (Å²) in [5.74, 6) is -2.16. The van der Waals surface area contributed by atoms with Gasteiger partial charge in [-0.1, -0.05) is 53.4 Å². The van der Waals surface area contributed by atoms with E-state index in [2.05, 4.69) is 31.7 Å². The van der Waals surface area contributed by atoms with E-state index in [4.69, 9.17) is 21.2 Å². The van der Waals surface area contributed by atoms with Crippen LogP contribution in [0.2, 0.25) is 5.02 Å². The SMILES string of the molecule is C=CCOn1cc(C(=O)N[C@H](Cc2ccc(-c3cc(Cl)ccc3F)cc2)C[C@@H](O)C(=O)OCOC(=O)OCC)nn1. The third-order valence-corrected chi connectivity index (χ3v) is 5.70. The highest BCUT2D eigenvalue weighted by Crippen LogP contribution is 2.26. The first-order chi connectivity index (χ1) is 19.7. The molecule has 2 atom stereocenters. The van der Waals surface area contributed by atoms with E-state index in [9.17, 15) is 23.9 Å². The number of halogens is 2. The number of nitrogens with one attached hydrogen (secondary N) is 1. The number of ether oxygens (including phenoxy) is 3. The van der Waals surface area contributed by atoms with Crippen molar-refractivity contribution in [1.29, 1.82) is 0 Å². The third-order valence-electron chi connectivity index (χ3n) is 5.46. The van der Waals surface area contributed by atoms with Gasteiger partial charge in [-0.25, -0.2) is 14.0 Å². The molecule has 0 saturated carbocycles. The molecular weight excluding hydrogens is 563 g/mol. The molecule has 3 rings (SSSR count). The van der Waals surface area contributed by atoms with Gasteiger partial charge in [-0.15, -0.1) is 5.10 Å². The maximum Gasteiger partial charge on any atom is 0.511 e. The molecule has 14 heteroatoms. The fourth-order valence-corrected chi connectivity index (χ4v) is 3.75. The quantitative estimate of drug-likeness (QED) is 0.163. The summed E-state index contributed by atoms with van der Waals surface area (Å²) in [5.41, 5.74) is 1.52. The van der Waals surface area contributed by atoms with E-state index in [0.717, 1.165) is 4.85 Å². The zero-order chi connectivity index (χ0) is 29.8. The van der Waals surface area contributed by atoms with Crippen LogP contribution < -0.4 is 10.2 Å². The Bertz CT molecular complexity index is 1350. The van der Waals surface area contributed by atoms with Gasteiger partial charge in [0.15, 0.2) is 11.8 Å². The van der Waals surface area contributed by atoms with Gasteiger partial charge in [-0.3, -0.25) is 4.79 Å². The Morgan fingerprint density at radius 3 is 2.63 bits per heavy atom. The van der Waals surface area contributed by atoms with Gasteiger partial charge in [0.1, 0.15) is 18.6 Å². The van der Waals surface area contributed by atoms with Crippen molar-refractivity contribution in [1.82, 2.24) is 20.5 Å². The smallest absolute Gasteiger partial charge is 0.435 e. The largest absolute Gasteiger partial charge is 0.511 e. The average molecular weight is 591 g/mol. The van der Waals surface area contributed by atoms with E-state index in [1.165, 1.54) is 30.5 Å². The molecule has 12 nitrogen and oxygen atoms in total. The van der Waals surface area contributed by atoms with Crippen molar-refractivity contribution in [3.05, 3.63) is 83.4 Å². The van der Waals surface area contributed by atoms with Crippen molar-refractivity contribution in [2.45, 2.75) is 31.9 Å². The van der Waals surface area contributed by atoms with E-state index >= 15 is 0 Å². The van der Waals surface area contributed by atoms with Crippen LogP contribution in [0.25, 0.3) is 11.1 Å². The van der Waals surface area contributed by atoms with Crippen LogP contribution in [0.4, 0.5) is 9.18 Å². The number of aliphatic hydroxyl groups is 1. The summed E-state index contributed by atoms with van der Waals surface area (Å²) in [6.07, 6.45) is -0.0859. The molecule has 2 aromatic carbocycles. The molecule has 0 spiro atoms. The van der Waals surface area contributed by atoms with Crippen LogP contribution in [0.15, 0.2) is 61.3 Å². The topological polar surface area (TPSA) is 151 Å². The Labute approximate surface area is 239 Å². The van der Waals surface area contributed by atoms with Crippen molar-refractivity contribution in [3.8, 4) is 11.1 Å². The molecular formula is C27H28ClFN4O8. The minimum atomic E-state index is -1.68. The Hall–Kier alpha value is -4.49. The van der Waals surface area contributed by atoms with Crippen LogP contribution in [-0.2, 0) is 25.4 Å². The highest BCUT2D eigenvalue weighted by Gasteiger charge is 2.25. The zero-order valence-corrected chi connectivity index (χ0v) is 22.8. The van der Waals surface area contributed by atoms with E-state index in [0.29, 0.717) is 21.7 Å². The number of amides is 1. The number of nitrogens with zero attached hydrogens (tertiary/aromatic N) is 3. The normalized spacial score (nSPS) is 12.1. The lowest BCUT2D eigenvalue weighted by atomic mass is 9.97. The van der Waals surface area contributed by atoms with Crippen LogP contribution in [0, 0.1) is 5.82 Å². The highest BCUT2D eigenvalue weighted by molar-refractivity contribution is 6.30. The molecule has 3 aromatic rings. The first kappa shape index (κ1) is 31.0. The number of hydrogen-bond acceptors (Lipinski definition) is 10. The lowest BCUT2D eigenvalue weighted by molar-refractivity contribution is -0.163. The molecule has 0 bridgehead atoms. The Balaban J connectivity index is 1.71. The number of aliphatic hydroxyl groups excluding tert-OH is 1. The van der Waals surface area contributed by atoms with E-state index in [-0.39, 0.29) is 31.7 Å². The first-order valence-corrected chi connectivity index (χ1v) is 12.7. The van der Waals surface area contributed by atoms with Gasteiger partial charge in [0.05, 0.1) is 6.61 Å². The Morgan fingerprint density at radius 1 is 1.17 bits per heavy atom. The first-order valence-electron chi connectivity index (χ1n) is 12.4. The number of benzene rings is 2. The Kier molecular flexibility index (Phi) is 11.6. The van der Waals surface area contributed by atoms with Crippen molar-refractivity contribution in [2.75, 3.05) is 20.0 Å². The molecule has 0 radical (unpaired) electrons. The number of hydrogen-bond donors (Lipinski definition) is 2. The van der Waals surface area contributed by atoms with Gasteiger partial charge < -0.3 is 29.5 Å². The Morgan fingerprint density at radius 2 is 1.93 bits per heavy atom. The molecule has 0 aliphatic carbocycles. The van der Waals surface area contributed by atoms with Crippen molar-refractivity contribution >= 4 is 29.6 Å². The lowest BCUT2D eigenvalue weighted by Crippen LogP contribution is -2.41. The molecule has 0 aliphatic heterocycles. The highest BCUT2D eigenvalue weighted by atomic mass is 35.5. The minimum Gasteiger partial charge on any atom is -0.435 e. The summed E-state index contributed by atoms with van der Waals surface area (Å²) in [7, 11) is 0. The van der Waals surface area contributed by atoms with Crippen LogP contribution in [0.1, 0.15) is 29.4 Å². The predicted molar refractivity (Wildman–Crippen MR) is 143 cm³/mol. The molecule has 2 N–H and O–H groups in total. The summed E-state index contributed by atoms with van der Waals surface area (Å²) in [6.45, 7) is 4.54. The summed E-state index contributed by atoms with van der Waals surface area (Å²) in [6, 6.07) is 10.2. The van der Waals surface area contributed by atoms with Crippen LogP contribution >= 0.6 is 11.6 Å². The molecule has 0 aliphatic rings. The summed E-state index contributed by atoms with van der Waals surface area (Å²) >= 11 is 6.01. The molecule has 0 saturated heterocycles. The third kappa shape index (κ3) is 9.58. The number of aromatic nitrogens is 3. The van der Waals surface area contributed by atoms with E-state index in [1.54, 1.807) is 31.2 Å². The molecule has 41 heavy (non-hydrogen) atoms. The van der Waals surface area contributed by atoms with Gasteiger partial charge in [0, 0.05) is 23.0 Å². The predicted octanol–water partition coefficient (Wildman–Crippen LogP) is 3.12. The molecule has 0 unspecified atom stereocenters. The van der Waals surface area contributed by atoms with Gasteiger partial charge in [-0.2, -0.15) is 0 Å². The van der Waals surface area contributed by atoms with Gasteiger partial charge in [0.2, 0.25) is 6.79 Å². The van der Waals surface area contributed by atoms with Crippen LogP contribution in [0.3, 0.4) is 0 Å². The fourth-order valence-electron chi connectivity index (χ4n) is 3.58. The molecule has 1 aromatic heterocycles. The monoisotopic (exact) mass is 590 g/mol.